The third-order valence-corrected chi connectivity index (χ3v) is 4.06. The highest BCUT2D eigenvalue weighted by Gasteiger charge is 2.13. The molecule has 5 heteroatoms. The first kappa shape index (κ1) is 15.8. The number of hydrogen-bond acceptors (Lipinski definition) is 2. The number of guanidine groups is 1. The van der Waals surface area contributed by atoms with Crippen LogP contribution < -0.4 is 16.4 Å². The van der Waals surface area contributed by atoms with Crippen LogP contribution in [0.5, 0.6) is 0 Å². The molecule has 0 saturated heterocycles. The van der Waals surface area contributed by atoms with Gasteiger partial charge in [0.1, 0.15) is 0 Å². The number of thiocarbonyl (C=S) groups is 1. The lowest BCUT2D eigenvalue weighted by atomic mass is 9.96. The molecule has 21 heavy (non-hydrogen) atoms. The second-order valence-corrected chi connectivity index (χ2v) is 6.06. The van der Waals surface area contributed by atoms with E-state index >= 15 is 0 Å². The molecular weight excluding hydrogens is 280 g/mol. The minimum absolute atomic E-state index is 0.342. The lowest BCUT2D eigenvalue weighted by Gasteiger charge is -2.19. The molecule has 114 valence electrons. The number of hydrogen-bond donors (Lipinski definition) is 3. The second kappa shape index (κ2) is 7.41. The molecule has 2 rings (SSSR count). The SMILES string of the molecule is Cc1cccc(C)c1NC(=S)NC(N)=NC1CCCCC1. The number of nitrogens with one attached hydrogen (secondary N) is 2. The van der Waals surface area contributed by atoms with Crippen LogP contribution in [-0.2, 0) is 0 Å². The number of para-hydroxylation sites is 1. The Morgan fingerprint density at radius 2 is 1.81 bits per heavy atom. The third-order valence-electron chi connectivity index (χ3n) is 3.86. The van der Waals surface area contributed by atoms with Crippen LogP contribution in [0.15, 0.2) is 23.2 Å². The molecule has 4 nitrogen and oxygen atoms in total. The predicted molar refractivity (Wildman–Crippen MR) is 93.8 cm³/mol. The van der Waals surface area contributed by atoms with Crippen molar-refractivity contribution in [3.05, 3.63) is 29.3 Å². The predicted octanol–water partition coefficient (Wildman–Crippen LogP) is 3.24. The summed E-state index contributed by atoms with van der Waals surface area (Å²) in [5, 5.41) is 6.67. The Balaban J connectivity index is 1.93. The lowest BCUT2D eigenvalue weighted by molar-refractivity contribution is 0.442. The highest BCUT2D eigenvalue weighted by atomic mass is 32.1. The summed E-state index contributed by atoms with van der Waals surface area (Å²) in [5.74, 6) is 0.408. The monoisotopic (exact) mass is 304 g/mol. The van der Waals surface area contributed by atoms with E-state index in [9.17, 15) is 0 Å². The number of benzene rings is 1. The maximum atomic E-state index is 5.95. The Morgan fingerprint density at radius 3 is 2.43 bits per heavy atom. The van der Waals surface area contributed by atoms with Gasteiger partial charge in [-0.15, -0.1) is 0 Å². The highest BCUT2D eigenvalue weighted by molar-refractivity contribution is 7.80. The number of aryl methyl sites for hydroxylation is 2. The fourth-order valence-corrected chi connectivity index (χ4v) is 2.92. The maximum Gasteiger partial charge on any atom is 0.195 e. The molecule has 0 atom stereocenters. The van der Waals surface area contributed by atoms with E-state index in [1.807, 2.05) is 6.07 Å². The summed E-state index contributed by atoms with van der Waals surface area (Å²) in [5.41, 5.74) is 9.28. The molecule has 1 aromatic carbocycles. The van der Waals surface area contributed by atoms with Crippen LogP contribution in [0.25, 0.3) is 0 Å². The van der Waals surface area contributed by atoms with Gasteiger partial charge >= 0.3 is 0 Å². The Labute approximate surface area is 132 Å². The largest absolute Gasteiger partial charge is 0.370 e. The van der Waals surface area contributed by atoms with Crippen LogP contribution in [0.1, 0.15) is 43.2 Å². The molecule has 0 heterocycles. The quantitative estimate of drug-likeness (QED) is 0.446. The van der Waals surface area contributed by atoms with Gasteiger partial charge in [-0.2, -0.15) is 0 Å². The van der Waals surface area contributed by atoms with Gasteiger partial charge in [0, 0.05) is 5.69 Å². The van der Waals surface area contributed by atoms with E-state index in [-0.39, 0.29) is 0 Å². The first-order valence-electron chi connectivity index (χ1n) is 7.54. The van der Waals surface area contributed by atoms with Gasteiger partial charge < -0.3 is 16.4 Å². The zero-order chi connectivity index (χ0) is 15.2. The van der Waals surface area contributed by atoms with E-state index in [4.69, 9.17) is 18.0 Å². The maximum absolute atomic E-state index is 5.95. The molecule has 1 fully saturated rings. The van der Waals surface area contributed by atoms with Gasteiger partial charge in [-0.1, -0.05) is 37.5 Å². The van der Waals surface area contributed by atoms with Crippen molar-refractivity contribution in [3.8, 4) is 0 Å². The fraction of sp³-hybridized carbons (Fsp3) is 0.500. The zero-order valence-electron chi connectivity index (χ0n) is 12.8. The van der Waals surface area contributed by atoms with Crippen molar-refractivity contribution >= 4 is 29.0 Å². The van der Waals surface area contributed by atoms with Gasteiger partial charge in [0.2, 0.25) is 0 Å². The topological polar surface area (TPSA) is 62.4 Å². The molecule has 1 aliphatic carbocycles. The first-order valence-corrected chi connectivity index (χ1v) is 7.94. The molecule has 0 aliphatic heterocycles. The van der Waals surface area contributed by atoms with Gasteiger partial charge in [-0.05, 0) is 50.0 Å². The molecule has 1 saturated carbocycles. The van der Waals surface area contributed by atoms with E-state index < -0.39 is 0 Å². The van der Waals surface area contributed by atoms with Crippen LogP contribution >= 0.6 is 12.2 Å². The van der Waals surface area contributed by atoms with Crippen molar-refractivity contribution in [2.75, 3.05) is 5.32 Å². The Kier molecular flexibility index (Phi) is 5.56. The number of aliphatic imine (C=N–C) groups is 1. The standard InChI is InChI=1S/C16H24N4S/c1-11-7-6-8-12(2)14(11)19-16(21)20-15(17)18-13-9-4-3-5-10-13/h6-8,13H,3-5,9-10H2,1-2H3,(H4,17,18,19,20,21). The van der Waals surface area contributed by atoms with Crippen molar-refractivity contribution < 1.29 is 0 Å². The molecule has 4 N–H and O–H groups in total. The van der Waals surface area contributed by atoms with Crippen LogP contribution in [0.4, 0.5) is 5.69 Å². The van der Waals surface area contributed by atoms with Gasteiger partial charge in [0.25, 0.3) is 0 Å². The number of rotatable bonds is 2. The third kappa shape index (κ3) is 4.70. The molecule has 0 unspecified atom stereocenters. The number of nitrogens with two attached hydrogens (primary N) is 1. The van der Waals surface area contributed by atoms with Crippen LogP contribution in [0.2, 0.25) is 0 Å². The van der Waals surface area contributed by atoms with E-state index in [2.05, 4.69) is 41.6 Å². The molecule has 0 amide bonds. The summed E-state index contributed by atoms with van der Waals surface area (Å²) in [6.07, 6.45) is 6.05. The van der Waals surface area contributed by atoms with Gasteiger partial charge in [-0.25, -0.2) is 4.99 Å². The molecule has 0 bridgehead atoms. The van der Waals surface area contributed by atoms with Crippen molar-refractivity contribution in [1.82, 2.24) is 5.32 Å². The summed E-state index contributed by atoms with van der Waals surface area (Å²) >= 11 is 5.32. The average molecular weight is 304 g/mol. The van der Waals surface area contributed by atoms with Gasteiger partial charge in [0.15, 0.2) is 11.1 Å². The fourth-order valence-electron chi connectivity index (χ4n) is 2.71. The van der Waals surface area contributed by atoms with Crippen LogP contribution in [0, 0.1) is 13.8 Å². The smallest absolute Gasteiger partial charge is 0.195 e. The highest BCUT2D eigenvalue weighted by Crippen LogP contribution is 2.20. The lowest BCUT2D eigenvalue weighted by Crippen LogP contribution is -2.40. The van der Waals surface area contributed by atoms with Crippen molar-refractivity contribution in [2.45, 2.75) is 52.0 Å². The molecular formula is C16H24N4S. The minimum atomic E-state index is 0.342. The van der Waals surface area contributed by atoms with Crippen LogP contribution in [-0.4, -0.2) is 17.1 Å². The Morgan fingerprint density at radius 1 is 1.19 bits per heavy atom. The van der Waals surface area contributed by atoms with Gasteiger partial charge in [-0.3, -0.25) is 0 Å². The van der Waals surface area contributed by atoms with Crippen molar-refractivity contribution in [1.29, 1.82) is 0 Å². The zero-order valence-corrected chi connectivity index (χ0v) is 13.6. The summed E-state index contributed by atoms with van der Waals surface area (Å²) in [4.78, 5) is 4.52. The Hall–Kier alpha value is -1.62. The summed E-state index contributed by atoms with van der Waals surface area (Å²) in [6.45, 7) is 4.11. The second-order valence-electron chi connectivity index (χ2n) is 5.65. The number of nitrogens with zero attached hydrogens (tertiary/aromatic N) is 1. The molecule has 1 aliphatic rings. The van der Waals surface area contributed by atoms with Gasteiger partial charge in [0.05, 0.1) is 6.04 Å². The van der Waals surface area contributed by atoms with E-state index in [1.54, 1.807) is 0 Å². The van der Waals surface area contributed by atoms with Crippen LogP contribution in [0.3, 0.4) is 0 Å². The summed E-state index contributed by atoms with van der Waals surface area (Å²) in [6, 6.07) is 6.48. The van der Waals surface area contributed by atoms with Crippen molar-refractivity contribution in [2.24, 2.45) is 10.7 Å². The minimum Gasteiger partial charge on any atom is -0.370 e. The molecule has 0 radical (unpaired) electrons. The van der Waals surface area contributed by atoms with E-state index in [1.165, 1.54) is 19.3 Å². The molecule has 0 aromatic heterocycles. The Bertz CT molecular complexity index is 513. The number of anilines is 1. The van der Waals surface area contributed by atoms with E-state index in [0.717, 1.165) is 29.7 Å². The normalized spacial score (nSPS) is 16.6. The van der Waals surface area contributed by atoms with Crippen molar-refractivity contribution in [3.63, 3.8) is 0 Å². The molecule has 0 spiro atoms. The molecule has 1 aromatic rings. The van der Waals surface area contributed by atoms with E-state index in [0.29, 0.717) is 17.1 Å². The first-order chi connectivity index (χ1) is 10.1. The average Bonchev–Trinajstić information content (AvgIpc) is 2.44. The summed E-state index contributed by atoms with van der Waals surface area (Å²) in [7, 11) is 0. The summed E-state index contributed by atoms with van der Waals surface area (Å²) < 4.78 is 0.